The first-order valence-electron chi connectivity index (χ1n) is 15.0. The predicted octanol–water partition coefficient (Wildman–Crippen LogP) is 7.44. The average Bonchev–Trinajstić information content (AvgIpc) is 3.67. The predicted molar refractivity (Wildman–Crippen MR) is 173 cm³/mol. The van der Waals surface area contributed by atoms with Gasteiger partial charge in [-0.3, -0.25) is 4.79 Å². The number of nitrogens with one attached hydrogen (secondary N) is 1. The van der Waals surface area contributed by atoms with Crippen molar-refractivity contribution in [1.82, 2.24) is 14.5 Å². The van der Waals surface area contributed by atoms with E-state index in [1.807, 2.05) is 16.8 Å². The molecule has 0 saturated heterocycles. The summed E-state index contributed by atoms with van der Waals surface area (Å²) < 4.78 is 19.2. The molecule has 3 amide bonds. The molecule has 1 fully saturated rings. The van der Waals surface area contributed by atoms with Crippen molar-refractivity contribution in [2.24, 2.45) is 5.92 Å². The van der Waals surface area contributed by atoms with Crippen molar-refractivity contribution >= 4 is 48.8 Å². The second-order valence-electron chi connectivity index (χ2n) is 14.4. The standard InChI is InChI=1S/C32H45N5O6Si/c1-31(2,3)42-29(39)37(30(40)43-32(4,5)6)26-22(11-10-16-33-26)24-19-36(20-41-17-18-44(7,8)9)27-23(24)14-15-25(34-27)35-28(38)21-12-13-21/h10-11,14-16,19,21H,12-13,17-18,20H2,1-9H3,(H,34,35,38). The number of aromatic nitrogens is 3. The highest BCUT2D eigenvalue weighted by Gasteiger charge is 2.36. The Labute approximate surface area is 260 Å². The molecule has 44 heavy (non-hydrogen) atoms. The number of amides is 3. The summed E-state index contributed by atoms with van der Waals surface area (Å²) >= 11 is 0. The number of imide groups is 1. The fourth-order valence-electron chi connectivity index (χ4n) is 4.31. The van der Waals surface area contributed by atoms with E-state index in [1.54, 1.807) is 59.7 Å². The number of rotatable bonds is 9. The average molecular weight is 624 g/mol. The van der Waals surface area contributed by atoms with Gasteiger partial charge >= 0.3 is 12.2 Å². The smallest absolute Gasteiger partial charge is 0.425 e. The van der Waals surface area contributed by atoms with Crippen molar-refractivity contribution in [3.63, 3.8) is 0 Å². The van der Waals surface area contributed by atoms with Crippen LogP contribution in [0.1, 0.15) is 54.4 Å². The Morgan fingerprint density at radius 2 is 1.61 bits per heavy atom. The van der Waals surface area contributed by atoms with Crippen LogP contribution in [0.4, 0.5) is 21.2 Å². The van der Waals surface area contributed by atoms with Crippen LogP contribution in [-0.2, 0) is 25.7 Å². The first-order valence-corrected chi connectivity index (χ1v) is 18.7. The summed E-state index contributed by atoms with van der Waals surface area (Å²) in [5.74, 6) is 0.490. The van der Waals surface area contributed by atoms with Crippen LogP contribution in [-0.4, -0.2) is 58.5 Å². The molecule has 0 aliphatic heterocycles. The molecule has 0 bridgehead atoms. The molecule has 1 aliphatic rings. The third kappa shape index (κ3) is 8.88. The summed E-state index contributed by atoms with van der Waals surface area (Å²) in [7, 11) is -1.30. The summed E-state index contributed by atoms with van der Waals surface area (Å²) in [5.41, 5.74) is -0.00704. The van der Waals surface area contributed by atoms with Gasteiger partial charge in [0.15, 0.2) is 5.82 Å². The second-order valence-corrected chi connectivity index (χ2v) is 20.0. The van der Waals surface area contributed by atoms with E-state index in [9.17, 15) is 14.4 Å². The monoisotopic (exact) mass is 623 g/mol. The van der Waals surface area contributed by atoms with Crippen molar-refractivity contribution < 1.29 is 28.6 Å². The number of ether oxygens (including phenoxy) is 3. The van der Waals surface area contributed by atoms with E-state index >= 15 is 0 Å². The van der Waals surface area contributed by atoms with Gasteiger partial charge in [-0.05, 0) is 84.7 Å². The summed E-state index contributed by atoms with van der Waals surface area (Å²) in [5, 5.41) is 3.65. The normalized spacial score (nSPS) is 13.9. The van der Waals surface area contributed by atoms with Crippen molar-refractivity contribution in [3.8, 4) is 11.1 Å². The van der Waals surface area contributed by atoms with Crippen molar-refractivity contribution in [3.05, 3.63) is 36.7 Å². The van der Waals surface area contributed by atoms with Gasteiger partial charge in [-0.15, -0.1) is 0 Å². The molecule has 4 rings (SSSR count). The summed E-state index contributed by atoms with van der Waals surface area (Å²) in [4.78, 5) is 49.6. The molecule has 0 unspecified atom stereocenters. The minimum absolute atomic E-state index is 0.0318. The van der Waals surface area contributed by atoms with Gasteiger partial charge in [0, 0.05) is 49.5 Å². The van der Waals surface area contributed by atoms with Crippen molar-refractivity contribution in [2.45, 2.75) is 98.0 Å². The molecule has 3 aromatic heterocycles. The lowest BCUT2D eigenvalue weighted by atomic mass is 10.1. The van der Waals surface area contributed by atoms with Gasteiger partial charge in [-0.1, -0.05) is 19.6 Å². The van der Waals surface area contributed by atoms with Crippen LogP contribution >= 0.6 is 0 Å². The third-order valence-corrected chi connectivity index (χ3v) is 8.29. The number of fused-ring (bicyclic) bond motifs is 1. The van der Waals surface area contributed by atoms with E-state index in [0.717, 1.165) is 29.2 Å². The SMILES string of the molecule is CC(C)(C)OC(=O)N(C(=O)OC(C)(C)C)c1ncccc1-c1cn(COCC[Si](C)(C)C)c2nc(NC(=O)C3CC3)ccc12. The molecule has 0 atom stereocenters. The maximum absolute atomic E-state index is 13.5. The number of anilines is 2. The van der Waals surface area contributed by atoms with E-state index in [2.05, 4.69) is 29.9 Å². The molecule has 11 nitrogen and oxygen atoms in total. The molecule has 1 N–H and O–H groups in total. The van der Waals surface area contributed by atoms with Crippen LogP contribution in [0.5, 0.6) is 0 Å². The van der Waals surface area contributed by atoms with Crippen LogP contribution in [0.2, 0.25) is 25.7 Å². The third-order valence-electron chi connectivity index (χ3n) is 6.59. The molecular formula is C32H45N5O6Si. The van der Waals surface area contributed by atoms with E-state index in [-0.39, 0.29) is 24.4 Å². The minimum atomic E-state index is -1.30. The molecule has 0 aromatic carbocycles. The fourth-order valence-corrected chi connectivity index (χ4v) is 5.07. The highest BCUT2D eigenvalue weighted by molar-refractivity contribution is 6.76. The number of carbonyl (C=O) groups excluding carboxylic acids is 3. The van der Waals surface area contributed by atoms with E-state index < -0.39 is 31.5 Å². The Bertz CT molecular complexity index is 1500. The summed E-state index contributed by atoms with van der Waals surface area (Å²) in [6.07, 6.45) is 3.32. The zero-order chi connectivity index (χ0) is 32.4. The molecule has 3 heterocycles. The lowest BCUT2D eigenvalue weighted by Crippen LogP contribution is -2.44. The van der Waals surface area contributed by atoms with Gasteiger partial charge < -0.3 is 24.1 Å². The molecule has 12 heteroatoms. The largest absolute Gasteiger partial charge is 0.443 e. The highest BCUT2D eigenvalue weighted by Crippen LogP contribution is 2.37. The Morgan fingerprint density at radius 3 is 2.18 bits per heavy atom. The summed E-state index contributed by atoms with van der Waals surface area (Å²) in [6.45, 7) is 18.0. The molecule has 3 aromatic rings. The van der Waals surface area contributed by atoms with Gasteiger partial charge in [-0.25, -0.2) is 19.6 Å². The van der Waals surface area contributed by atoms with E-state index in [1.165, 1.54) is 6.20 Å². The Morgan fingerprint density at radius 1 is 0.977 bits per heavy atom. The number of hydrogen-bond donors (Lipinski definition) is 1. The lowest BCUT2D eigenvalue weighted by molar-refractivity contribution is -0.117. The molecule has 0 spiro atoms. The number of hydrogen-bond acceptors (Lipinski definition) is 8. The van der Waals surface area contributed by atoms with Crippen LogP contribution in [0, 0.1) is 5.92 Å². The van der Waals surface area contributed by atoms with Gasteiger partial charge in [0.1, 0.15) is 29.4 Å². The zero-order valence-corrected chi connectivity index (χ0v) is 28.3. The van der Waals surface area contributed by atoms with E-state index in [0.29, 0.717) is 29.2 Å². The molecule has 238 valence electrons. The first-order chi connectivity index (χ1) is 20.4. The Hall–Kier alpha value is -3.77. The maximum atomic E-state index is 13.5. The maximum Gasteiger partial charge on any atom is 0.425 e. The van der Waals surface area contributed by atoms with Gasteiger partial charge in [0.25, 0.3) is 0 Å². The zero-order valence-electron chi connectivity index (χ0n) is 27.3. The molecule has 1 saturated carbocycles. The van der Waals surface area contributed by atoms with Gasteiger partial charge in [-0.2, -0.15) is 4.90 Å². The number of nitrogens with zero attached hydrogens (tertiary/aromatic N) is 4. The molecule has 1 aliphatic carbocycles. The van der Waals surface area contributed by atoms with Gasteiger partial charge in [0.2, 0.25) is 5.91 Å². The van der Waals surface area contributed by atoms with E-state index in [4.69, 9.17) is 19.2 Å². The van der Waals surface area contributed by atoms with Crippen LogP contribution in [0.25, 0.3) is 22.2 Å². The topological polar surface area (TPSA) is 125 Å². The number of pyridine rings is 2. The summed E-state index contributed by atoms with van der Waals surface area (Å²) in [6, 6.07) is 8.12. The minimum Gasteiger partial charge on any atom is -0.443 e. The Kier molecular flexibility index (Phi) is 9.55. The highest BCUT2D eigenvalue weighted by atomic mass is 28.3. The fraction of sp³-hybridized carbons (Fsp3) is 0.531. The van der Waals surface area contributed by atoms with Crippen LogP contribution in [0.15, 0.2) is 36.7 Å². The quantitative estimate of drug-likeness (QED) is 0.193. The molecular weight excluding hydrogens is 578 g/mol. The first kappa shape index (κ1) is 33.1. The van der Waals surface area contributed by atoms with Crippen LogP contribution < -0.4 is 10.2 Å². The Balaban J connectivity index is 1.80. The number of carbonyl (C=O) groups is 3. The molecule has 0 radical (unpaired) electrons. The second kappa shape index (κ2) is 12.7. The van der Waals surface area contributed by atoms with Crippen molar-refractivity contribution in [2.75, 3.05) is 16.8 Å². The van der Waals surface area contributed by atoms with Crippen molar-refractivity contribution in [1.29, 1.82) is 0 Å². The lowest BCUT2D eigenvalue weighted by Gasteiger charge is -2.28. The van der Waals surface area contributed by atoms with Gasteiger partial charge in [0.05, 0.1) is 0 Å². The van der Waals surface area contributed by atoms with Crippen LogP contribution in [0.3, 0.4) is 0 Å².